The molecule has 6 heteroatoms. The number of carbonyl (C=O) groups is 1. The zero-order valence-corrected chi connectivity index (χ0v) is 15.9. The highest BCUT2D eigenvalue weighted by molar-refractivity contribution is 5.90. The zero-order valence-electron chi connectivity index (χ0n) is 15.9. The molecule has 30 heavy (non-hydrogen) atoms. The number of nitrogens with one attached hydrogen (secondary N) is 1. The van der Waals surface area contributed by atoms with Crippen LogP contribution in [0.5, 0.6) is 0 Å². The van der Waals surface area contributed by atoms with E-state index in [0.29, 0.717) is 11.1 Å². The molecule has 4 rings (SSSR count). The van der Waals surface area contributed by atoms with Gasteiger partial charge in [-0.15, -0.1) is 0 Å². The highest BCUT2D eigenvalue weighted by Crippen LogP contribution is 2.21. The van der Waals surface area contributed by atoms with Crippen molar-refractivity contribution in [3.8, 4) is 17.2 Å². The van der Waals surface area contributed by atoms with E-state index in [1.807, 2.05) is 66.7 Å². The second kappa shape index (κ2) is 8.33. The fourth-order valence-electron chi connectivity index (χ4n) is 3.04. The van der Waals surface area contributed by atoms with Crippen LogP contribution in [0.25, 0.3) is 27.7 Å². The summed E-state index contributed by atoms with van der Waals surface area (Å²) in [7, 11) is 0. The van der Waals surface area contributed by atoms with Crippen LogP contribution >= 0.6 is 0 Å². The topological polar surface area (TPSA) is 99.0 Å². The molecule has 0 bridgehead atoms. The Morgan fingerprint density at radius 1 is 0.967 bits per heavy atom. The maximum absolute atomic E-state index is 12.3. The van der Waals surface area contributed by atoms with Gasteiger partial charge in [0.25, 0.3) is 0 Å². The van der Waals surface area contributed by atoms with Gasteiger partial charge in [-0.25, -0.2) is 9.78 Å². The molecule has 0 unspecified atom stereocenters. The molecule has 0 atom stereocenters. The molecule has 0 saturated heterocycles. The van der Waals surface area contributed by atoms with Crippen LogP contribution in [0, 0.1) is 11.3 Å². The molecule has 0 spiro atoms. The first-order chi connectivity index (χ1) is 14.7. The van der Waals surface area contributed by atoms with Crippen molar-refractivity contribution in [2.75, 3.05) is 6.61 Å². The van der Waals surface area contributed by atoms with Crippen LogP contribution in [-0.4, -0.2) is 27.7 Å². The summed E-state index contributed by atoms with van der Waals surface area (Å²) < 4.78 is 5.17. The van der Waals surface area contributed by atoms with Gasteiger partial charge >= 0.3 is 5.97 Å². The molecule has 6 nitrogen and oxygen atoms in total. The Balaban J connectivity index is 1.47. The van der Waals surface area contributed by atoms with E-state index in [-0.39, 0.29) is 17.2 Å². The Labute approximate surface area is 172 Å². The molecule has 0 aliphatic heterocycles. The van der Waals surface area contributed by atoms with Gasteiger partial charge < -0.3 is 14.8 Å². The standard InChI is InChI=1S/C24H17N3O3/c25-14-19(23-26-20-8-4-5-9-21(20)27-23)22(28)15-30-24(29)18-12-10-17(11-13-18)16-6-2-1-3-7-16/h1-13,28H,15H2,(H,26,27). The van der Waals surface area contributed by atoms with Gasteiger partial charge in [0.1, 0.15) is 18.2 Å². The second-order valence-corrected chi connectivity index (χ2v) is 6.56. The third kappa shape index (κ3) is 3.91. The minimum Gasteiger partial charge on any atom is -0.507 e. The summed E-state index contributed by atoms with van der Waals surface area (Å²) in [5.41, 5.74) is 3.71. The number of fused-ring (bicyclic) bond motifs is 1. The summed E-state index contributed by atoms with van der Waals surface area (Å²) >= 11 is 0. The van der Waals surface area contributed by atoms with E-state index in [4.69, 9.17) is 4.74 Å². The largest absolute Gasteiger partial charge is 0.507 e. The number of ether oxygens (including phenoxy) is 1. The number of H-pyrrole nitrogens is 1. The summed E-state index contributed by atoms with van der Waals surface area (Å²) in [5.74, 6) is -0.742. The fraction of sp³-hybridized carbons (Fsp3) is 0.0417. The smallest absolute Gasteiger partial charge is 0.338 e. The van der Waals surface area contributed by atoms with E-state index < -0.39 is 12.6 Å². The number of rotatable bonds is 5. The highest BCUT2D eigenvalue weighted by atomic mass is 16.5. The van der Waals surface area contributed by atoms with Crippen molar-refractivity contribution in [3.05, 3.63) is 96.0 Å². The van der Waals surface area contributed by atoms with Crippen LogP contribution in [0.3, 0.4) is 0 Å². The van der Waals surface area contributed by atoms with Crippen molar-refractivity contribution in [1.82, 2.24) is 9.97 Å². The number of carbonyl (C=O) groups excluding carboxylic acids is 1. The van der Waals surface area contributed by atoms with E-state index in [2.05, 4.69) is 9.97 Å². The molecular weight excluding hydrogens is 378 g/mol. The number of imidazole rings is 1. The summed E-state index contributed by atoms with van der Waals surface area (Å²) in [6, 6.07) is 26.0. The molecule has 0 radical (unpaired) electrons. The quantitative estimate of drug-likeness (QED) is 0.285. The van der Waals surface area contributed by atoms with Crippen molar-refractivity contribution in [1.29, 1.82) is 5.26 Å². The Bertz CT molecular complexity index is 1230. The van der Waals surface area contributed by atoms with Crippen LogP contribution < -0.4 is 0 Å². The van der Waals surface area contributed by atoms with Crippen LogP contribution in [0.4, 0.5) is 0 Å². The lowest BCUT2D eigenvalue weighted by Gasteiger charge is -2.07. The number of nitriles is 1. The molecule has 0 amide bonds. The number of allylic oxidation sites excluding steroid dienone is 1. The number of aromatic amines is 1. The number of hydrogen-bond acceptors (Lipinski definition) is 5. The van der Waals surface area contributed by atoms with Crippen molar-refractivity contribution < 1.29 is 14.6 Å². The third-order valence-corrected chi connectivity index (χ3v) is 4.59. The number of hydrogen-bond donors (Lipinski definition) is 2. The van der Waals surface area contributed by atoms with Crippen LogP contribution in [0.2, 0.25) is 0 Å². The number of para-hydroxylation sites is 2. The maximum atomic E-state index is 12.3. The second-order valence-electron chi connectivity index (χ2n) is 6.56. The summed E-state index contributed by atoms with van der Waals surface area (Å²) in [4.78, 5) is 19.6. The number of aliphatic hydroxyl groups excluding tert-OH is 1. The van der Waals surface area contributed by atoms with E-state index in [9.17, 15) is 15.2 Å². The van der Waals surface area contributed by atoms with Gasteiger partial charge in [-0.2, -0.15) is 5.26 Å². The van der Waals surface area contributed by atoms with Gasteiger partial charge in [-0.3, -0.25) is 0 Å². The zero-order chi connectivity index (χ0) is 20.9. The first-order valence-corrected chi connectivity index (χ1v) is 9.25. The molecular formula is C24H17N3O3. The van der Waals surface area contributed by atoms with Crippen molar-refractivity contribution in [3.63, 3.8) is 0 Å². The van der Waals surface area contributed by atoms with Crippen molar-refractivity contribution in [2.45, 2.75) is 0 Å². The molecule has 0 aliphatic carbocycles. The minimum atomic E-state index is -0.594. The average Bonchev–Trinajstić information content (AvgIpc) is 3.22. The normalized spacial score (nSPS) is 11.6. The van der Waals surface area contributed by atoms with E-state index in [1.165, 1.54) is 0 Å². The average molecular weight is 395 g/mol. The van der Waals surface area contributed by atoms with Crippen molar-refractivity contribution in [2.24, 2.45) is 0 Å². The van der Waals surface area contributed by atoms with E-state index in [1.54, 1.807) is 18.2 Å². The molecule has 0 fully saturated rings. The Morgan fingerprint density at radius 2 is 1.63 bits per heavy atom. The number of aliphatic hydroxyl groups is 1. The lowest BCUT2D eigenvalue weighted by Crippen LogP contribution is -2.09. The molecule has 3 aromatic carbocycles. The summed E-state index contributed by atoms with van der Waals surface area (Å²) in [6.45, 7) is -0.431. The first-order valence-electron chi connectivity index (χ1n) is 9.25. The lowest BCUT2D eigenvalue weighted by atomic mass is 10.0. The van der Waals surface area contributed by atoms with Gasteiger partial charge in [0.2, 0.25) is 0 Å². The molecule has 1 heterocycles. The Hall–Kier alpha value is -4.37. The first kappa shape index (κ1) is 19.0. The molecule has 2 N–H and O–H groups in total. The molecule has 146 valence electrons. The number of nitrogens with zero attached hydrogens (tertiary/aromatic N) is 2. The van der Waals surface area contributed by atoms with Crippen LogP contribution in [0.1, 0.15) is 16.2 Å². The van der Waals surface area contributed by atoms with Crippen LogP contribution in [-0.2, 0) is 4.74 Å². The van der Waals surface area contributed by atoms with Crippen LogP contribution in [0.15, 0.2) is 84.6 Å². The Morgan fingerprint density at radius 3 is 2.33 bits per heavy atom. The monoisotopic (exact) mass is 395 g/mol. The minimum absolute atomic E-state index is 0.0709. The van der Waals surface area contributed by atoms with E-state index in [0.717, 1.165) is 16.6 Å². The van der Waals surface area contributed by atoms with Gasteiger partial charge in [-0.05, 0) is 35.4 Å². The van der Waals surface area contributed by atoms with Gasteiger partial charge in [0, 0.05) is 0 Å². The van der Waals surface area contributed by atoms with Crippen molar-refractivity contribution >= 4 is 22.6 Å². The predicted molar refractivity (Wildman–Crippen MR) is 113 cm³/mol. The van der Waals surface area contributed by atoms with Gasteiger partial charge in [0.15, 0.2) is 11.6 Å². The summed E-state index contributed by atoms with van der Waals surface area (Å²) in [6.07, 6.45) is 0. The fourth-order valence-corrected chi connectivity index (χ4v) is 3.04. The Kier molecular flexibility index (Phi) is 5.27. The van der Waals surface area contributed by atoms with E-state index >= 15 is 0 Å². The molecule has 4 aromatic rings. The SMILES string of the molecule is N#CC(=C(O)COC(=O)c1ccc(-c2ccccc2)cc1)c1nc2ccccc2[nH]1. The molecule has 1 aromatic heterocycles. The third-order valence-electron chi connectivity index (χ3n) is 4.59. The molecule has 0 saturated carbocycles. The number of esters is 1. The highest BCUT2D eigenvalue weighted by Gasteiger charge is 2.15. The maximum Gasteiger partial charge on any atom is 0.338 e. The summed E-state index contributed by atoms with van der Waals surface area (Å²) in [5, 5.41) is 19.7. The number of benzene rings is 3. The van der Waals surface area contributed by atoms with Gasteiger partial charge in [-0.1, -0.05) is 54.6 Å². The molecule has 0 aliphatic rings. The van der Waals surface area contributed by atoms with Gasteiger partial charge in [0.05, 0.1) is 16.6 Å². The number of aromatic nitrogens is 2. The lowest BCUT2D eigenvalue weighted by molar-refractivity contribution is 0.0503. The predicted octanol–water partition coefficient (Wildman–Crippen LogP) is 4.88.